The third-order valence-electron chi connectivity index (χ3n) is 1.72. The molecule has 3 nitrogen and oxygen atoms in total. The highest BCUT2D eigenvalue weighted by Crippen LogP contribution is 2.08. The van der Waals surface area contributed by atoms with Crippen molar-refractivity contribution in [2.24, 2.45) is 5.73 Å². The van der Waals surface area contributed by atoms with E-state index in [0.29, 0.717) is 12.6 Å². The highest BCUT2D eigenvalue weighted by Gasteiger charge is 2.20. The van der Waals surface area contributed by atoms with Crippen molar-refractivity contribution in [2.75, 3.05) is 6.54 Å². The molecule has 60 valence electrons. The summed E-state index contributed by atoms with van der Waals surface area (Å²) in [7, 11) is 0. The van der Waals surface area contributed by atoms with Crippen LogP contribution in [-0.2, 0) is 4.79 Å². The van der Waals surface area contributed by atoms with Crippen LogP contribution in [-0.4, -0.2) is 24.9 Å². The van der Waals surface area contributed by atoms with E-state index in [2.05, 4.69) is 5.32 Å². The van der Waals surface area contributed by atoms with Gasteiger partial charge in [0.25, 0.3) is 0 Å². The van der Waals surface area contributed by atoms with E-state index in [9.17, 15) is 4.79 Å². The number of halogens is 1. The molecule has 2 atom stereocenters. The van der Waals surface area contributed by atoms with Gasteiger partial charge in [-0.15, -0.1) is 12.4 Å². The number of carbonyl (C=O) groups excluding carboxylic acids is 1. The standard InChI is InChI=1S/C6H12N2O.ClH/c7-3-5-1-2-6(4-9)8-5;/h4-6,8H,1-3,7H2;1H/t5-,6?;/m0./s1. The minimum Gasteiger partial charge on any atom is -0.329 e. The summed E-state index contributed by atoms with van der Waals surface area (Å²) < 4.78 is 0. The molecule has 4 heteroatoms. The van der Waals surface area contributed by atoms with Gasteiger partial charge in [-0.25, -0.2) is 0 Å². The van der Waals surface area contributed by atoms with Crippen molar-refractivity contribution in [3.8, 4) is 0 Å². The van der Waals surface area contributed by atoms with Crippen LogP contribution in [0.4, 0.5) is 0 Å². The minimum absolute atomic E-state index is 0. The quantitative estimate of drug-likeness (QED) is 0.551. The van der Waals surface area contributed by atoms with E-state index >= 15 is 0 Å². The maximum Gasteiger partial charge on any atom is 0.136 e. The van der Waals surface area contributed by atoms with Gasteiger partial charge in [-0.2, -0.15) is 0 Å². The van der Waals surface area contributed by atoms with Crippen molar-refractivity contribution in [2.45, 2.75) is 24.9 Å². The second-order valence-electron chi connectivity index (χ2n) is 2.42. The van der Waals surface area contributed by atoms with Crippen LogP contribution in [0.3, 0.4) is 0 Å². The van der Waals surface area contributed by atoms with E-state index in [0.717, 1.165) is 19.1 Å². The maximum atomic E-state index is 10.2. The lowest BCUT2D eigenvalue weighted by Gasteiger charge is -2.05. The average molecular weight is 165 g/mol. The van der Waals surface area contributed by atoms with Crippen molar-refractivity contribution in [1.82, 2.24) is 5.32 Å². The molecule has 0 bridgehead atoms. The summed E-state index contributed by atoms with van der Waals surface area (Å²) in [5, 5.41) is 3.10. The second-order valence-corrected chi connectivity index (χ2v) is 2.42. The van der Waals surface area contributed by atoms with Gasteiger partial charge in [-0.05, 0) is 12.8 Å². The van der Waals surface area contributed by atoms with Crippen LogP contribution >= 0.6 is 12.4 Å². The molecule has 1 aliphatic rings. The highest BCUT2D eigenvalue weighted by molar-refractivity contribution is 5.85. The first-order valence-electron chi connectivity index (χ1n) is 3.28. The highest BCUT2D eigenvalue weighted by atomic mass is 35.5. The van der Waals surface area contributed by atoms with E-state index in [-0.39, 0.29) is 18.4 Å². The fourth-order valence-corrected chi connectivity index (χ4v) is 1.14. The second kappa shape index (κ2) is 4.66. The van der Waals surface area contributed by atoms with Crippen LogP contribution in [0.25, 0.3) is 0 Å². The molecule has 0 aromatic heterocycles. The third kappa shape index (κ3) is 2.25. The normalized spacial score (nSPS) is 31.3. The van der Waals surface area contributed by atoms with E-state index in [1.165, 1.54) is 0 Å². The SMILES string of the molecule is Cl.NC[C@@H]1CCC(C=O)N1. The summed E-state index contributed by atoms with van der Waals surface area (Å²) in [5.41, 5.74) is 5.37. The molecule has 0 spiro atoms. The molecule has 0 saturated carbocycles. The Bertz CT molecular complexity index is 110. The molecular weight excluding hydrogens is 152 g/mol. The minimum atomic E-state index is 0. The van der Waals surface area contributed by atoms with E-state index in [1.54, 1.807) is 0 Å². The fourth-order valence-electron chi connectivity index (χ4n) is 1.14. The Labute approximate surface area is 66.8 Å². The molecule has 1 saturated heterocycles. The lowest BCUT2D eigenvalue weighted by atomic mass is 10.2. The molecule has 0 aromatic carbocycles. The molecule has 1 rings (SSSR count). The van der Waals surface area contributed by atoms with Crippen LogP contribution in [0.2, 0.25) is 0 Å². The average Bonchev–Trinajstić information content (AvgIpc) is 2.34. The van der Waals surface area contributed by atoms with Crippen molar-refractivity contribution in [3.05, 3.63) is 0 Å². The number of aldehydes is 1. The lowest BCUT2D eigenvalue weighted by molar-refractivity contribution is -0.109. The Hall–Kier alpha value is -0.120. The summed E-state index contributed by atoms with van der Waals surface area (Å²) in [4.78, 5) is 10.2. The van der Waals surface area contributed by atoms with E-state index in [4.69, 9.17) is 5.73 Å². The molecular formula is C6H13ClN2O. The molecule has 1 aliphatic heterocycles. The predicted molar refractivity (Wildman–Crippen MR) is 42.3 cm³/mol. The largest absolute Gasteiger partial charge is 0.329 e. The van der Waals surface area contributed by atoms with Crippen LogP contribution in [0.5, 0.6) is 0 Å². The molecule has 0 aliphatic carbocycles. The Balaban J connectivity index is 0.000000810. The number of hydrogen-bond acceptors (Lipinski definition) is 3. The van der Waals surface area contributed by atoms with Crippen molar-refractivity contribution in [3.63, 3.8) is 0 Å². The smallest absolute Gasteiger partial charge is 0.136 e. The Kier molecular flexibility index (Phi) is 4.60. The van der Waals surface area contributed by atoms with Crippen molar-refractivity contribution >= 4 is 18.7 Å². The topological polar surface area (TPSA) is 55.1 Å². The molecule has 1 unspecified atom stereocenters. The van der Waals surface area contributed by atoms with Gasteiger partial charge in [0.15, 0.2) is 0 Å². The zero-order chi connectivity index (χ0) is 6.69. The van der Waals surface area contributed by atoms with Gasteiger partial charge in [0.1, 0.15) is 6.29 Å². The summed E-state index contributed by atoms with van der Waals surface area (Å²) in [5.74, 6) is 0. The summed E-state index contributed by atoms with van der Waals surface area (Å²) in [6.07, 6.45) is 2.95. The Morgan fingerprint density at radius 2 is 2.30 bits per heavy atom. The molecule has 0 amide bonds. The molecule has 3 N–H and O–H groups in total. The predicted octanol–water partition coefficient (Wildman–Crippen LogP) is -0.314. The van der Waals surface area contributed by atoms with Gasteiger partial charge >= 0.3 is 0 Å². The molecule has 0 radical (unpaired) electrons. The molecule has 10 heavy (non-hydrogen) atoms. The van der Waals surface area contributed by atoms with Crippen molar-refractivity contribution < 1.29 is 4.79 Å². The summed E-state index contributed by atoms with van der Waals surface area (Å²) in [6.45, 7) is 0.643. The summed E-state index contributed by atoms with van der Waals surface area (Å²) in [6, 6.07) is 0.443. The van der Waals surface area contributed by atoms with E-state index in [1.807, 2.05) is 0 Å². The molecule has 1 fully saturated rings. The number of carbonyl (C=O) groups is 1. The van der Waals surface area contributed by atoms with Crippen LogP contribution < -0.4 is 11.1 Å². The zero-order valence-corrected chi connectivity index (χ0v) is 6.56. The number of nitrogens with one attached hydrogen (secondary N) is 1. The molecule has 1 heterocycles. The number of rotatable bonds is 2. The van der Waals surface area contributed by atoms with Gasteiger partial charge in [-0.3, -0.25) is 0 Å². The van der Waals surface area contributed by atoms with Gasteiger partial charge < -0.3 is 15.8 Å². The third-order valence-corrected chi connectivity index (χ3v) is 1.72. The van der Waals surface area contributed by atoms with Gasteiger partial charge in [0, 0.05) is 12.6 Å². The first kappa shape index (κ1) is 9.88. The zero-order valence-electron chi connectivity index (χ0n) is 5.75. The van der Waals surface area contributed by atoms with Crippen LogP contribution in [0.15, 0.2) is 0 Å². The van der Waals surface area contributed by atoms with Gasteiger partial charge in [0.05, 0.1) is 6.04 Å². The maximum absolute atomic E-state index is 10.2. The number of hydrogen-bond donors (Lipinski definition) is 2. The first-order valence-corrected chi connectivity index (χ1v) is 3.28. The van der Waals surface area contributed by atoms with Gasteiger partial charge in [-0.1, -0.05) is 0 Å². The van der Waals surface area contributed by atoms with Gasteiger partial charge in [0.2, 0.25) is 0 Å². The van der Waals surface area contributed by atoms with Crippen LogP contribution in [0, 0.1) is 0 Å². The first-order chi connectivity index (χ1) is 4.36. The lowest BCUT2D eigenvalue weighted by Crippen LogP contribution is -2.35. The Morgan fingerprint density at radius 3 is 2.60 bits per heavy atom. The monoisotopic (exact) mass is 164 g/mol. The van der Waals surface area contributed by atoms with Crippen molar-refractivity contribution in [1.29, 1.82) is 0 Å². The molecule has 0 aromatic rings. The Morgan fingerprint density at radius 1 is 1.60 bits per heavy atom. The summed E-state index contributed by atoms with van der Waals surface area (Å²) >= 11 is 0. The fraction of sp³-hybridized carbons (Fsp3) is 0.833. The number of nitrogens with two attached hydrogens (primary N) is 1. The van der Waals surface area contributed by atoms with Crippen LogP contribution in [0.1, 0.15) is 12.8 Å². The van der Waals surface area contributed by atoms with E-state index < -0.39 is 0 Å².